The van der Waals surface area contributed by atoms with Gasteiger partial charge in [-0.05, 0) is 44.8 Å². The van der Waals surface area contributed by atoms with Gasteiger partial charge >= 0.3 is 0 Å². The number of nitrogens with two attached hydrogens (primary N) is 1. The molecule has 0 amide bonds. The molecule has 0 heterocycles. The maximum Gasteiger partial charge on any atom is 0.272 e. The van der Waals surface area contributed by atoms with Gasteiger partial charge in [-0.1, -0.05) is 25.0 Å². The molecule has 5 nitrogen and oxygen atoms in total. The largest absolute Gasteiger partial charge is 0.330 e. The molecule has 2 unspecified atom stereocenters. The minimum atomic E-state index is -0.303. The monoisotopic (exact) mass is 291 g/mol. The number of hydrogen-bond acceptors (Lipinski definition) is 4. The van der Waals surface area contributed by atoms with Gasteiger partial charge < -0.3 is 5.73 Å². The first kappa shape index (κ1) is 15.9. The van der Waals surface area contributed by atoms with Crippen LogP contribution in [-0.4, -0.2) is 29.5 Å². The second kappa shape index (κ2) is 7.00. The van der Waals surface area contributed by atoms with E-state index in [2.05, 4.69) is 11.9 Å². The molecule has 1 aliphatic carbocycles. The first-order chi connectivity index (χ1) is 10.0. The van der Waals surface area contributed by atoms with Gasteiger partial charge in [0.15, 0.2) is 0 Å². The summed E-state index contributed by atoms with van der Waals surface area (Å²) < 4.78 is 0. The molecule has 1 aromatic rings. The maximum absolute atomic E-state index is 11.0. The quantitative estimate of drug-likeness (QED) is 0.669. The molecule has 0 aliphatic heterocycles. The fraction of sp³-hybridized carbons (Fsp3) is 0.625. The van der Waals surface area contributed by atoms with Crippen molar-refractivity contribution in [2.45, 2.75) is 45.2 Å². The van der Waals surface area contributed by atoms with Crippen molar-refractivity contribution in [3.63, 3.8) is 0 Å². The molecule has 0 aromatic heterocycles. The predicted molar refractivity (Wildman–Crippen MR) is 84.1 cm³/mol. The zero-order chi connectivity index (χ0) is 15.4. The summed E-state index contributed by atoms with van der Waals surface area (Å²) in [6.07, 6.45) is 4.88. The highest BCUT2D eigenvalue weighted by Crippen LogP contribution is 2.29. The lowest BCUT2D eigenvalue weighted by Gasteiger charge is -2.37. The number of nitrogens with zero attached hydrogens (tertiary/aromatic N) is 2. The predicted octanol–water partition coefficient (Wildman–Crippen LogP) is 2.85. The van der Waals surface area contributed by atoms with Crippen molar-refractivity contribution in [1.82, 2.24) is 4.90 Å². The van der Waals surface area contributed by atoms with Crippen LogP contribution in [0.15, 0.2) is 18.2 Å². The summed E-state index contributed by atoms with van der Waals surface area (Å²) >= 11 is 0. The van der Waals surface area contributed by atoms with Crippen LogP contribution in [0.5, 0.6) is 0 Å². The lowest BCUT2D eigenvalue weighted by atomic mass is 9.83. The maximum atomic E-state index is 11.0. The van der Waals surface area contributed by atoms with E-state index in [4.69, 9.17) is 5.73 Å². The molecule has 0 spiro atoms. The van der Waals surface area contributed by atoms with Crippen molar-refractivity contribution >= 4 is 5.69 Å². The second-order valence-corrected chi connectivity index (χ2v) is 6.08. The molecule has 116 valence electrons. The summed E-state index contributed by atoms with van der Waals surface area (Å²) in [5.41, 5.74) is 7.92. The molecule has 0 saturated heterocycles. The third-order valence-corrected chi connectivity index (χ3v) is 4.77. The van der Waals surface area contributed by atoms with Crippen LogP contribution in [0.4, 0.5) is 5.69 Å². The van der Waals surface area contributed by atoms with E-state index in [-0.39, 0.29) is 10.6 Å². The minimum absolute atomic E-state index is 0.208. The highest BCUT2D eigenvalue weighted by Gasteiger charge is 2.27. The molecule has 1 saturated carbocycles. The van der Waals surface area contributed by atoms with E-state index in [1.807, 2.05) is 13.0 Å². The molecule has 1 fully saturated rings. The van der Waals surface area contributed by atoms with Crippen molar-refractivity contribution in [3.8, 4) is 0 Å². The van der Waals surface area contributed by atoms with Gasteiger partial charge in [-0.2, -0.15) is 0 Å². The van der Waals surface area contributed by atoms with Gasteiger partial charge in [0.25, 0.3) is 5.69 Å². The number of benzene rings is 1. The van der Waals surface area contributed by atoms with Crippen LogP contribution in [0, 0.1) is 23.0 Å². The van der Waals surface area contributed by atoms with Crippen LogP contribution in [0.2, 0.25) is 0 Å². The SMILES string of the molecule is Cc1c(CN(C)C2CCCCC2CN)cccc1[N+](=O)[O-]. The average Bonchev–Trinajstić information content (AvgIpc) is 2.48. The normalized spacial score (nSPS) is 22.5. The molecular weight excluding hydrogens is 266 g/mol. The first-order valence-electron chi connectivity index (χ1n) is 7.67. The Morgan fingerprint density at radius 2 is 2.10 bits per heavy atom. The zero-order valence-electron chi connectivity index (χ0n) is 12.9. The van der Waals surface area contributed by atoms with Gasteiger partial charge in [-0.3, -0.25) is 15.0 Å². The molecule has 2 rings (SSSR count). The number of rotatable bonds is 5. The van der Waals surface area contributed by atoms with Crippen LogP contribution in [-0.2, 0) is 6.54 Å². The molecule has 21 heavy (non-hydrogen) atoms. The molecule has 1 aromatic carbocycles. The van der Waals surface area contributed by atoms with E-state index < -0.39 is 0 Å². The lowest BCUT2D eigenvalue weighted by Crippen LogP contribution is -2.42. The molecule has 5 heteroatoms. The number of hydrogen-bond donors (Lipinski definition) is 1. The highest BCUT2D eigenvalue weighted by molar-refractivity contribution is 5.44. The van der Waals surface area contributed by atoms with Crippen molar-refractivity contribution in [3.05, 3.63) is 39.4 Å². The smallest absolute Gasteiger partial charge is 0.272 e. The van der Waals surface area contributed by atoms with Crippen LogP contribution in [0.3, 0.4) is 0 Å². The Bertz CT molecular complexity index is 504. The van der Waals surface area contributed by atoms with Gasteiger partial charge in [-0.25, -0.2) is 0 Å². The van der Waals surface area contributed by atoms with Crippen LogP contribution < -0.4 is 5.73 Å². The Morgan fingerprint density at radius 3 is 2.76 bits per heavy atom. The fourth-order valence-corrected chi connectivity index (χ4v) is 3.47. The van der Waals surface area contributed by atoms with Crippen molar-refractivity contribution < 1.29 is 4.92 Å². The van der Waals surface area contributed by atoms with Gasteiger partial charge in [-0.15, -0.1) is 0 Å². The van der Waals surface area contributed by atoms with E-state index in [1.165, 1.54) is 25.7 Å². The Kier molecular flexibility index (Phi) is 5.31. The van der Waals surface area contributed by atoms with Crippen molar-refractivity contribution in [2.24, 2.45) is 11.7 Å². The zero-order valence-corrected chi connectivity index (χ0v) is 12.9. The Labute approximate surface area is 126 Å². The molecule has 0 radical (unpaired) electrons. The topological polar surface area (TPSA) is 72.4 Å². The minimum Gasteiger partial charge on any atom is -0.330 e. The highest BCUT2D eigenvalue weighted by atomic mass is 16.6. The molecular formula is C16H25N3O2. The Balaban J connectivity index is 2.13. The third-order valence-electron chi connectivity index (χ3n) is 4.77. The van der Waals surface area contributed by atoms with E-state index in [9.17, 15) is 10.1 Å². The second-order valence-electron chi connectivity index (χ2n) is 6.08. The average molecular weight is 291 g/mol. The van der Waals surface area contributed by atoms with E-state index in [1.54, 1.807) is 12.1 Å². The third kappa shape index (κ3) is 3.60. The molecule has 2 N–H and O–H groups in total. The number of nitro benzene ring substituents is 1. The molecule has 2 atom stereocenters. The lowest BCUT2D eigenvalue weighted by molar-refractivity contribution is -0.385. The molecule has 1 aliphatic rings. The van der Waals surface area contributed by atoms with E-state index in [0.717, 1.165) is 24.2 Å². The molecule has 0 bridgehead atoms. The summed E-state index contributed by atoms with van der Waals surface area (Å²) in [6.45, 7) is 3.31. The van der Waals surface area contributed by atoms with E-state index >= 15 is 0 Å². The van der Waals surface area contributed by atoms with E-state index in [0.29, 0.717) is 12.0 Å². The van der Waals surface area contributed by atoms with Gasteiger partial charge in [0, 0.05) is 24.2 Å². The van der Waals surface area contributed by atoms with Gasteiger partial charge in [0.2, 0.25) is 0 Å². The Hall–Kier alpha value is -1.46. The van der Waals surface area contributed by atoms with Crippen LogP contribution in [0.1, 0.15) is 36.8 Å². The van der Waals surface area contributed by atoms with Crippen molar-refractivity contribution in [1.29, 1.82) is 0 Å². The summed E-state index contributed by atoms with van der Waals surface area (Å²) in [5, 5.41) is 11.0. The van der Waals surface area contributed by atoms with Crippen LogP contribution >= 0.6 is 0 Å². The van der Waals surface area contributed by atoms with Gasteiger partial charge in [0.1, 0.15) is 0 Å². The Morgan fingerprint density at radius 1 is 1.38 bits per heavy atom. The summed E-state index contributed by atoms with van der Waals surface area (Å²) in [4.78, 5) is 13.1. The number of nitro groups is 1. The van der Waals surface area contributed by atoms with Crippen molar-refractivity contribution in [2.75, 3.05) is 13.6 Å². The summed E-state index contributed by atoms with van der Waals surface area (Å²) in [5.74, 6) is 0.544. The summed E-state index contributed by atoms with van der Waals surface area (Å²) in [6, 6.07) is 5.82. The standard InChI is InChI=1S/C16H25N3O2/c1-12-14(7-5-9-15(12)19(20)21)11-18(2)16-8-4-3-6-13(16)10-17/h5,7,9,13,16H,3-4,6,8,10-11,17H2,1-2H3. The van der Waals surface area contributed by atoms with Gasteiger partial charge in [0.05, 0.1) is 4.92 Å². The van der Waals surface area contributed by atoms with Crippen LogP contribution in [0.25, 0.3) is 0 Å². The fourth-order valence-electron chi connectivity index (χ4n) is 3.47. The first-order valence-corrected chi connectivity index (χ1v) is 7.67. The summed E-state index contributed by atoms with van der Waals surface area (Å²) in [7, 11) is 2.11.